The summed E-state index contributed by atoms with van der Waals surface area (Å²) < 4.78 is 19.1. The summed E-state index contributed by atoms with van der Waals surface area (Å²) in [6.07, 6.45) is 0.620. The fraction of sp³-hybridized carbons (Fsp3) is 0.429. The second-order valence-electron chi connectivity index (χ2n) is 8.07. The van der Waals surface area contributed by atoms with Crippen LogP contribution in [0.25, 0.3) is 0 Å². The molecule has 0 radical (unpaired) electrons. The van der Waals surface area contributed by atoms with Gasteiger partial charge in [0.15, 0.2) is 22.3 Å². The molecule has 0 atom stereocenters. The topological polar surface area (TPSA) is 142 Å². The number of imidazole rings is 1. The molecule has 13 heteroatoms. The van der Waals surface area contributed by atoms with E-state index in [-0.39, 0.29) is 12.7 Å². The third kappa shape index (κ3) is 5.19. The molecular formula is C21H25IN6O5S. The van der Waals surface area contributed by atoms with E-state index in [2.05, 4.69) is 38.2 Å². The summed E-state index contributed by atoms with van der Waals surface area (Å²) in [5, 5.41) is 6.81. The van der Waals surface area contributed by atoms with Gasteiger partial charge in [0.1, 0.15) is 24.0 Å². The Balaban J connectivity index is 1.49. The third-order valence-electron chi connectivity index (χ3n) is 5.09. The smallest absolute Gasteiger partial charge is 0.303 e. The third-order valence-corrected chi connectivity index (χ3v) is 7.40. The first-order valence-electron chi connectivity index (χ1n) is 10.6. The number of aromatic nitrogens is 2. The number of nitrogens with zero attached hydrogens (tertiary/aromatic N) is 3. The highest BCUT2D eigenvalue weighted by atomic mass is 127. The number of nitrogens with two attached hydrogens (primary N) is 1. The molecule has 34 heavy (non-hydrogen) atoms. The maximum absolute atomic E-state index is 12.4. The van der Waals surface area contributed by atoms with E-state index < -0.39 is 11.6 Å². The lowest BCUT2D eigenvalue weighted by molar-refractivity contribution is -0.162. The van der Waals surface area contributed by atoms with Crippen LogP contribution in [0, 0.1) is 3.57 Å². The maximum Gasteiger partial charge on any atom is 0.303 e. The van der Waals surface area contributed by atoms with E-state index >= 15 is 0 Å². The van der Waals surface area contributed by atoms with Crippen molar-refractivity contribution in [2.24, 2.45) is 10.7 Å². The van der Waals surface area contributed by atoms with E-state index in [1.807, 2.05) is 16.7 Å². The van der Waals surface area contributed by atoms with Crippen LogP contribution in [0.3, 0.4) is 0 Å². The Labute approximate surface area is 214 Å². The highest BCUT2D eigenvalue weighted by Crippen LogP contribution is 2.42. The molecule has 182 valence electrons. The Bertz CT molecular complexity index is 1170. The van der Waals surface area contributed by atoms with Gasteiger partial charge in [-0.1, -0.05) is 11.8 Å². The summed E-state index contributed by atoms with van der Waals surface area (Å²) >= 11 is 3.75. The van der Waals surface area contributed by atoms with Gasteiger partial charge in [-0.3, -0.25) is 9.59 Å². The maximum atomic E-state index is 12.4. The van der Waals surface area contributed by atoms with E-state index in [4.69, 9.17) is 24.9 Å². The largest absolute Gasteiger partial charge is 0.454 e. The Morgan fingerprint density at radius 3 is 2.82 bits per heavy atom. The van der Waals surface area contributed by atoms with Gasteiger partial charge in [0.05, 0.1) is 0 Å². The number of carbonyl (C=O) groups is 2. The number of ether oxygens (including phenoxy) is 3. The number of amides is 1. The standard InChI is InChI=1S/C21H25IN6O5S/c1-11(29)33-21(2,3)19(30)24-5-4-6-28-18-16(17(23)25-9-26-18)27-20(28)34-15-8-14-13(7-12(15)22)31-10-32-14/h7-8,26H,4-6,9-10H2,1-3H3,(H2,23,25)(H,24,30). The highest BCUT2D eigenvalue weighted by Gasteiger charge is 2.30. The lowest BCUT2D eigenvalue weighted by atomic mass is 10.1. The summed E-state index contributed by atoms with van der Waals surface area (Å²) in [6.45, 7) is 5.93. The molecule has 2 aliphatic heterocycles. The van der Waals surface area contributed by atoms with Gasteiger partial charge in [-0.05, 0) is 55.0 Å². The van der Waals surface area contributed by atoms with Gasteiger partial charge < -0.3 is 35.1 Å². The SMILES string of the molecule is CC(=O)OC(C)(C)C(=O)NCCCn1c(Sc2cc3c(cc2I)OCO3)nc2c1NCN=C2N. The molecular weight excluding hydrogens is 575 g/mol. The molecule has 1 aromatic carbocycles. The summed E-state index contributed by atoms with van der Waals surface area (Å²) in [5.74, 6) is 1.73. The molecule has 0 bridgehead atoms. The first-order valence-corrected chi connectivity index (χ1v) is 12.4. The molecule has 2 aliphatic rings. The Hall–Kier alpha value is -2.68. The molecule has 1 aromatic heterocycles. The van der Waals surface area contributed by atoms with Gasteiger partial charge in [-0.2, -0.15) is 0 Å². The number of nitrogens with one attached hydrogen (secondary N) is 2. The second-order valence-corrected chi connectivity index (χ2v) is 10.2. The molecule has 0 spiro atoms. The number of carbonyl (C=O) groups excluding carboxylic acids is 2. The summed E-state index contributed by atoms with van der Waals surface area (Å²) in [5.41, 5.74) is 5.47. The number of hydrogen-bond donors (Lipinski definition) is 3. The van der Waals surface area contributed by atoms with Gasteiger partial charge in [-0.25, -0.2) is 9.98 Å². The van der Waals surface area contributed by atoms with Crippen LogP contribution in [-0.4, -0.2) is 52.9 Å². The van der Waals surface area contributed by atoms with Crippen LogP contribution < -0.4 is 25.8 Å². The highest BCUT2D eigenvalue weighted by molar-refractivity contribution is 14.1. The average Bonchev–Trinajstić information content (AvgIpc) is 3.35. The number of benzene rings is 1. The molecule has 0 fully saturated rings. The van der Waals surface area contributed by atoms with E-state index in [1.165, 1.54) is 18.7 Å². The van der Waals surface area contributed by atoms with E-state index in [0.29, 0.717) is 43.5 Å². The number of fused-ring (bicyclic) bond motifs is 2. The number of halogens is 1. The van der Waals surface area contributed by atoms with E-state index in [9.17, 15) is 9.59 Å². The first kappa shape index (κ1) is 24.4. The molecule has 0 aliphatic carbocycles. The zero-order chi connectivity index (χ0) is 24.5. The van der Waals surface area contributed by atoms with Crippen molar-refractivity contribution < 1.29 is 23.8 Å². The summed E-state index contributed by atoms with van der Waals surface area (Å²) in [4.78, 5) is 33.6. The Morgan fingerprint density at radius 1 is 1.35 bits per heavy atom. The zero-order valence-electron chi connectivity index (χ0n) is 18.9. The number of aliphatic imine (C=N–C) groups is 1. The predicted molar refractivity (Wildman–Crippen MR) is 134 cm³/mol. The Kier molecular flexibility index (Phi) is 7.12. The van der Waals surface area contributed by atoms with E-state index in [0.717, 1.165) is 25.2 Å². The van der Waals surface area contributed by atoms with E-state index in [1.54, 1.807) is 13.8 Å². The minimum absolute atomic E-state index is 0.208. The van der Waals surface area contributed by atoms with Crippen LogP contribution in [0.15, 0.2) is 27.2 Å². The minimum atomic E-state index is -1.23. The quantitative estimate of drug-likeness (QED) is 0.237. The van der Waals surface area contributed by atoms with Gasteiger partial charge in [0, 0.05) is 28.5 Å². The molecule has 0 saturated heterocycles. The number of hydrogen-bond acceptors (Lipinski definition) is 10. The van der Waals surface area contributed by atoms with Crippen molar-refractivity contribution in [3.63, 3.8) is 0 Å². The molecule has 0 unspecified atom stereocenters. The van der Waals surface area contributed by atoms with Crippen molar-refractivity contribution in [1.82, 2.24) is 14.9 Å². The fourth-order valence-corrected chi connectivity index (χ4v) is 5.20. The van der Waals surface area contributed by atoms with Crippen LogP contribution in [0.1, 0.15) is 32.9 Å². The molecule has 4 rings (SSSR count). The fourth-order valence-electron chi connectivity index (χ4n) is 3.48. The predicted octanol–water partition coefficient (Wildman–Crippen LogP) is 2.30. The number of rotatable bonds is 8. The van der Waals surface area contributed by atoms with Crippen LogP contribution in [0.4, 0.5) is 5.82 Å². The van der Waals surface area contributed by atoms with Gasteiger partial charge >= 0.3 is 5.97 Å². The lowest BCUT2D eigenvalue weighted by Gasteiger charge is -2.23. The Morgan fingerprint density at radius 2 is 2.09 bits per heavy atom. The number of anilines is 1. The number of esters is 1. The van der Waals surface area contributed by atoms with Crippen LogP contribution in [0.2, 0.25) is 0 Å². The molecule has 3 heterocycles. The molecule has 4 N–H and O–H groups in total. The number of amidine groups is 1. The molecule has 0 saturated carbocycles. The van der Waals surface area contributed by atoms with Gasteiger partial charge in [-0.15, -0.1) is 0 Å². The van der Waals surface area contributed by atoms with Crippen LogP contribution >= 0.6 is 34.4 Å². The monoisotopic (exact) mass is 600 g/mol. The van der Waals surface area contributed by atoms with Crippen LogP contribution in [0.5, 0.6) is 11.5 Å². The van der Waals surface area contributed by atoms with Gasteiger partial charge in [0.2, 0.25) is 6.79 Å². The van der Waals surface area contributed by atoms with Crippen molar-refractivity contribution in [2.75, 3.05) is 25.3 Å². The zero-order valence-corrected chi connectivity index (χ0v) is 21.9. The minimum Gasteiger partial charge on any atom is -0.454 e. The summed E-state index contributed by atoms with van der Waals surface area (Å²) in [6, 6.07) is 3.88. The molecule has 2 aromatic rings. The van der Waals surface area contributed by atoms with Crippen LogP contribution in [-0.2, 0) is 20.9 Å². The van der Waals surface area contributed by atoms with Gasteiger partial charge in [0.25, 0.3) is 5.91 Å². The first-order chi connectivity index (χ1) is 16.2. The van der Waals surface area contributed by atoms with Crippen molar-refractivity contribution in [1.29, 1.82) is 0 Å². The second kappa shape index (κ2) is 9.90. The van der Waals surface area contributed by atoms with Crippen molar-refractivity contribution >= 4 is 57.9 Å². The van der Waals surface area contributed by atoms with Crippen molar-refractivity contribution in [3.05, 3.63) is 21.4 Å². The van der Waals surface area contributed by atoms with Crippen molar-refractivity contribution in [2.45, 2.75) is 49.4 Å². The average molecular weight is 600 g/mol. The summed E-state index contributed by atoms with van der Waals surface area (Å²) in [7, 11) is 0. The van der Waals surface area contributed by atoms with Crippen molar-refractivity contribution in [3.8, 4) is 11.5 Å². The molecule has 11 nitrogen and oxygen atoms in total. The lowest BCUT2D eigenvalue weighted by Crippen LogP contribution is -2.45. The normalized spacial score (nSPS) is 14.2. The molecule has 1 amide bonds.